The van der Waals surface area contributed by atoms with Crippen molar-refractivity contribution in [3.05, 3.63) is 0 Å². The van der Waals surface area contributed by atoms with E-state index in [1.165, 1.54) is 0 Å². The molecule has 0 aromatic heterocycles. The highest BCUT2D eigenvalue weighted by Gasteiger charge is 2.42. The Morgan fingerprint density at radius 3 is 2.14 bits per heavy atom. The minimum Gasteiger partial charge on any atom is -0.308 e. The Labute approximate surface area is 131 Å². The van der Waals surface area contributed by atoms with Crippen molar-refractivity contribution in [1.29, 1.82) is 0 Å². The van der Waals surface area contributed by atoms with Gasteiger partial charge in [-0.05, 0) is 32.6 Å². The molecule has 0 amide bonds. The fourth-order valence-electron chi connectivity index (χ4n) is 3.19. The Balaban J connectivity index is 2.82. The summed E-state index contributed by atoms with van der Waals surface area (Å²) in [5.74, 6) is 0.606. The minimum absolute atomic E-state index is 0.0651. The van der Waals surface area contributed by atoms with E-state index in [4.69, 9.17) is 0 Å². The number of piperazine rings is 1. The van der Waals surface area contributed by atoms with Gasteiger partial charge in [0, 0.05) is 36.5 Å². The van der Waals surface area contributed by atoms with E-state index in [2.05, 4.69) is 37.9 Å². The standard InChI is InChI=1S/C16H34N2O2S/c1-6-11-21(19,20)12-10-18-14-16(8-3,9-4)17-13-15(18,5)7-2/h17H,6-14H2,1-5H3. The van der Waals surface area contributed by atoms with Gasteiger partial charge in [-0.25, -0.2) is 8.42 Å². The third-order valence-electron chi connectivity index (χ3n) is 5.40. The van der Waals surface area contributed by atoms with Crippen LogP contribution in [0.5, 0.6) is 0 Å². The van der Waals surface area contributed by atoms with Crippen LogP contribution in [0.15, 0.2) is 0 Å². The highest BCUT2D eigenvalue weighted by molar-refractivity contribution is 7.91. The van der Waals surface area contributed by atoms with Crippen LogP contribution in [0.2, 0.25) is 0 Å². The lowest BCUT2D eigenvalue weighted by atomic mass is 9.83. The second-order valence-corrected chi connectivity index (χ2v) is 9.07. The van der Waals surface area contributed by atoms with E-state index in [1.54, 1.807) is 0 Å². The Morgan fingerprint density at radius 2 is 1.67 bits per heavy atom. The van der Waals surface area contributed by atoms with Gasteiger partial charge in [0.15, 0.2) is 9.84 Å². The maximum absolute atomic E-state index is 12.0. The lowest BCUT2D eigenvalue weighted by Crippen LogP contribution is -2.69. The molecular formula is C16H34N2O2S. The first-order valence-electron chi connectivity index (χ1n) is 8.47. The van der Waals surface area contributed by atoms with Gasteiger partial charge in [-0.15, -0.1) is 0 Å². The number of nitrogens with one attached hydrogen (secondary N) is 1. The summed E-state index contributed by atoms with van der Waals surface area (Å²) < 4.78 is 24.1. The summed E-state index contributed by atoms with van der Waals surface area (Å²) in [6.45, 7) is 13.4. The van der Waals surface area contributed by atoms with Crippen LogP contribution in [0.4, 0.5) is 0 Å². The number of nitrogens with zero attached hydrogens (tertiary/aromatic N) is 1. The van der Waals surface area contributed by atoms with E-state index in [0.717, 1.165) is 32.4 Å². The fraction of sp³-hybridized carbons (Fsp3) is 1.00. The summed E-state index contributed by atoms with van der Waals surface area (Å²) in [6.07, 6.45) is 3.92. The first-order chi connectivity index (χ1) is 9.76. The highest BCUT2D eigenvalue weighted by Crippen LogP contribution is 2.30. The van der Waals surface area contributed by atoms with Gasteiger partial charge in [0.2, 0.25) is 0 Å². The van der Waals surface area contributed by atoms with Gasteiger partial charge in [-0.3, -0.25) is 4.90 Å². The molecule has 1 N–H and O–H groups in total. The Morgan fingerprint density at radius 1 is 1.05 bits per heavy atom. The van der Waals surface area contributed by atoms with E-state index in [9.17, 15) is 8.42 Å². The van der Waals surface area contributed by atoms with Crippen molar-refractivity contribution in [1.82, 2.24) is 10.2 Å². The lowest BCUT2D eigenvalue weighted by Gasteiger charge is -2.53. The molecule has 21 heavy (non-hydrogen) atoms. The van der Waals surface area contributed by atoms with Crippen molar-refractivity contribution in [2.45, 2.75) is 71.4 Å². The van der Waals surface area contributed by atoms with E-state index < -0.39 is 9.84 Å². The van der Waals surface area contributed by atoms with Crippen molar-refractivity contribution in [2.75, 3.05) is 31.1 Å². The monoisotopic (exact) mass is 318 g/mol. The van der Waals surface area contributed by atoms with Crippen molar-refractivity contribution in [3.63, 3.8) is 0 Å². The van der Waals surface area contributed by atoms with Crippen LogP contribution >= 0.6 is 0 Å². The van der Waals surface area contributed by atoms with E-state index in [-0.39, 0.29) is 11.1 Å². The molecule has 0 saturated carbocycles. The van der Waals surface area contributed by atoms with Crippen LogP contribution in [0.3, 0.4) is 0 Å². The van der Waals surface area contributed by atoms with Crippen LogP contribution < -0.4 is 5.32 Å². The number of rotatable bonds is 8. The van der Waals surface area contributed by atoms with E-state index in [0.29, 0.717) is 24.5 Å². The molecule has 0 radical (unpaired) electrons. The molecule has 126 valence electrons. The topological polar surface area (TPSA) is 49.4 Å². The van der Waals surface area contributed by atoms with Crippen molar-refractivity contribution in [3.8, 4) is 0 Å². The van der Waals surface area contributed by atoms with Gasteiger partial charge in [-0.2, -0.15) is 0 Å². The summed E-state index contributed by atoms with van der Waals surface area (Å²) in [7, 11) is -2.90. The van der Waals surface area contributed by atoms with Gasteiger partial charge >= 0.3 is 0 Å². The molecule has 4 nitrogen and oxygen atoms in total. The first kappa shape index (κ1) is 18.9. The molecule has 1 saturated heterocycles. The molecule has 1 fully saturated rings. The normalized spacial score (nSPS) is 26.9. The lowest BCUT2D eigenvalue weighted by molar-refractivity contribution is 0.0139. The van der Waals surface area contributed by atoms with Gasteiger partial charge in [0.1, 0.15) is 0 Å². The molecule has 1 aliphatic rings. The van der Waals surface area contributed by atoms with Gasteiger partial charge in [-0.1, -0.05) is 27.7 Å². The molecule has 0 aliphatic carbocycles. The molecule has 1 unspecified atom stereocenters. The predicted octanol–water partition coefficient (Wildman–Crippen LogP) is 2.44. The summed E-state index contributed by atoms with van der Waals surface area (Å²) in [5, 5.41) is 3.73. The van der Waals surface area contributed by atoms with E-state index >= 15 is 0 Å². The summed E-state index contributed by atoms with van der Waals surface area (Å²) in [4.78, 5) is 2.42. The maximum atomic E-state index is 12.0. The predicted molar refractivity (Wildman–Crippen MR) is 90.5 cm³/mol. The van der Waals surface area contributed by atoms with Crippen molar-refractivity contribution in [2.24, 2.45) is 0 Å². The summed E-state index contributed by atoms with van der Waals surface area (Å²) in [6, 6.07) is 0. The molecular weight excluding hydrogens is 284 g/mol. The van der Waals surface area contributed by atoms with Crippen LogP contribution in [0, 0.1) is 0 Å². The number of hydrogen-bond donors (Lipinski definition) is 1. The van der Waals surface area contributed by atoms with Crippen molar-refractivity contribution >= 4 is 9.84 Å². The van der Waals surface area contributed by atoms with Crippen molar-refractivity contribution < 1.29 is 8.42 Å². The number of hydrogen-bond acceptors (Lipinski definition) is 4. The van der Waals surface area contributed by atoms with Gasteiger partial charge in [0.05, 0.1) is 5.75 Å². The SMILES string of the molecule is CCCS(=O)(=O)CCN1CC(CC)(CC)NCC1(C)CC. The maximum Gasteiger partial charge on any atom is 0.151 e. The molecule has 1 atom stereocenters. The highest BCUT2D eigenvalue weighted by atomic mass is 32.2. The molecule has 0 aromatic carbocycles. The van der Waals surface area contributed by atoms with Crippen LogP contribution in [-0.4, -0.2) is 55.5 Å². The molecule has 5 heteroatoms. The Hall–Kier alpha value is -0.130. The number of sulfone groups is 1. The quantitative estimate of drug-likeness (QED) is 0.747. The minimum atomic E-state index is -2.90. The average molecular weight is 319 g/mol. The second-order valence-electron chi connectivity index (χ2n) is 6.76. The third-order valence-corrected chi connectivity index (χ3v) is 7.24. The third kappa shape index (κ3) is 4.67. The zero-order valence-electron chi connectivity index (χ0n) is 14.5. The average Bonchev–Trinajstić information content (AvgIpc) is 2.47. The van der Waals surface area contributed by atoms with Crippen LogP contribution in [0.1, 0.15) is 60.3 Å². The zero-order chi connectivity index (χ0) is 16.1. The van der Waals surface area contributed by atoms with Gasteiger partial charge in [0.25, 0.3) is 0 Å². The Bertz CT molecular complexity index is 418. The molecule has 1 heterocycles. The largest absolute Gasteiger partial charge is 0.308 e. The van der Waals surface area contributed by atoms with E-state index in [1.807, 2.05) is 6.92 Å². The van der Waals surface area contributed by atoms with Crippen LogP contribution in [0.25, 0.3) is 0 Å². The summed E-state index contributed by atoms with van der Waals surface area (Å²) >= 11 is 0. The molecule has 1 rings (SSSR count). The molecule has 0 spiro atoms. The van der Waals surface area contributed by atoms with Gasteiger partial charge < -0.3 is 5.32 Å². The molecule has 0 bridgehead atoms. The summed E-state index contributed by atoms with van der Waals surface area (Å²) in [5.41, 5.74) is 0.207. The van der Waals surface area contributed by atoms with Crippen LogP contribution in [-0.2, 0) is 9.84 Å². The smallest absolute Gasteiger partial charge is 0.151 e. The second kappa shape index (κ2) is 7.42. The Kier molecular flexibility index (Phi) is 6.69. The first-order valence-corrected chi connectivity index (χ1v) is 10.3. The zero-order valence-corrected chi connectivity index (χ0v) is 15.4. The molecule has 0 aromatic rings. The molecule has 1 aliphatic heterocycles. The fourth-order valence-corrected chi connectivity index (χ4v) is 4.51.